The maximum absolute atomic E-state index is 6.47. The summed E-state index contributed by atoms with van der Waals surface area (Å²) in [5.41, 5.74) is 15.7. The number of amidine groups is 4. The fourth-order valence-electron chi connectivity index (χ4n) is 5.24. The van der Waals surface area contributed by atoms with Crippen LogP contribution in [0.25, 0.3) is 0 Å². The summed E-state index contributed by atoms with van der Waals surface area (Å²) in [4.78, 5) is 23.6. The normalized spacial score (nSPS) is 14.9. The molecule has 0 bridgehead atoms. The number of fused-ring (bicyclic) bond motifs is 2. The molecule has 11 heteroatoms. The van der Waals surface area contributed by atoms with Gasteiger partial charge in [-0.3, -0.25) is 0 Å². The zero-order valence-corrected chi connectivity index (χ0v) is 28.6. The van der Waals surface area contributed by atoms with E-state index in [-0.39, 0.29) is 0 Å². The third-order valence-corrected chi connectivity index (χ3v) is 7.85. The minimum atomic E-state index is 0.326. The van der Waals surface area contributed by atoms with Crippen LogP contribution in [0.2, 0.25) is 0 Å². The van der Waals surface area contributed by atoms with E-state index < -0.39 is 0 Å². The minimum absolute atomic E-state index is 0.326. The first-order valence-corrected chi connectivity index (χ1v) is 17.2. The highest BCUT2D eigenvalue weighted by Gasteiger charge is 2.30. The van der Waals surface area contributed by atoms with Crippen molar-refractivity contribution in [1.82, 2.24) is 4.98 Å². The van der Waals surface area contributed by atoms with Crippen molar-refractivity contribution < 1.29 is 18.9 Å². The molecular weight excluding hydrogens is 606 g/mol. The van der Waals surface area contributed by atoms with Gasteiger partial charge >= 0.3 is 0 Å². The highest BCUT2D eigenvalue weighted by atomic mass is 16.5. The van der Waals surface area contributed by atoms with Crippen molar-refractivity contribution in [2.24, 2.45) is 31.4 Å². The number of hydrogen-bond acceptors (Lipinski definition) is 9. The van der Waals surface area contributed by atoms with Gasteiger partial charge in [0.15, 0.2) is 23.3 Å². The Labute approximate surface area is 283 Å². The van der Waals surface area contributed by atoms with E-state index in [2.05, 4.69) is 37.7 Å². The van der Waals surface area contributed by atoms with E-state index in [9.17, 15) is 0 Å². The lowest BCUT2D eigenvalue weighted by Gasteiger charge is -2.15. The molecule has 5 rings (SSSR count). The van der Waals surface area contributed by atoms with E-state index in [1.165, 1.54) is 0 Å². The van der Waals surface area contributed by atoms with Crippen molar-refractivity contribution in [2.45, 2.75) is 79.1 Å². The molecule has 0 saturated heterocycles. The van der Waals surface area contributed by atoms with Gasteiger partial charge in [-0.05, 0) is 62.1 Å². The molecule has 0 unspecified atom stereocenters. The molecule has 48 heavy (non-hydrogen) atoms. The van der Waals surface area contributed by atoms with Gasteiger partial charge in [0.1, 0.15) is 34.7 Å². The first-order chi connectivity index (χ1) is 23.5. The summed E-state index contributed by atoms with van der Waals surface area (Å²) in [5, 5.41) is 0. The number of pyridine rings is 1. The van der Waals surface area contributed by atoms with Crippen molar-refractivity contribution in [2.75, 3.05) is 26.4 Å². The molecule has 0 atom stereocenters. The van der Waals surface area contributed by atoms with Crippen molar-refractivity contribution >= 4 is 35.0 Å². The van der Waals surface area contributed by atoms with Crippen LogP contribution in [-0.2, 0) is 0 Å². The predicted molar refractivity (Wildman–Crippen MR) is 193 cm³/mol. The molecule has 2 aromatic carbocycles. The highest BCUT2D eigenvalue weighted by Crippen LogP contribution is 2.38. The molecule has 254 valence electrons. The molecule has 0 saturated carbocycles. The Balaban J connectivity index is 1.51. The Hall–Kier alpha value is -4.93. The van der Waals surface area contributed by atoms with E-state index >= 15 is 0 Å². The molecule has 0 amide bonds. The molecular formula is C37H47N7O4. The summed E-state index contributed by atoms with van der Waals surface area (Å²) in [6, 6.07) is 13.0. The Kier molecular flexibility index (Phi) is 12.0. The summed E-state index contributed by atoms with van der Waals surface area (Å²) in [6.45, 7) is 10.8. The van der Waals surface area contributed by atoms with Crippen LogP contribution in [-0.4, -0.2) is 54.8 Å². The number of nitrogens with zero attached hydrogens (tertiary/aromatic N) is 5. The van der Waals surface area contributed by atoms with Gasteiger partial charge < -0.3 is 30.4 Å². The fraction of sp³-hybridized carbons (Fsp3) is 0.432. The summed E-state index contributed by atoms with van der Waals surface area (Å²) in [5.74, 6) is 4.89. The van der Waals surface area contributed by atoms with Gasteiger partial charge in [0.25, 0.3) is 0 Å². The Morgan fingerprint density at radius 2 is 0.833 bits per heavy atom. The topological polar surface area (TPSA) is 151 Å². The molecule has 0 aliphatic carbocycles. The SMILES string of the molecule is CCCCOc1ccc(OCCCC)c2c1C(N)=NC2=Nc1cccc(/N=C2\N=C(N)c3c(OCCCC)ccc(OCCCC)c32)n1. The minimum Gasteiger partial charge on any atom is -0.493 e. The lowest BCUT2D eigenvalue weighted by atomic mass is 10.1. The summed E-state index contributed by atoms with van der Waals surface area (Å²) in [6.07, 6.45) is 7.77. The average molecular weight is 654 g/mol. The third-order valence-electron chi connectivity index (χ3n) is 7.85. The zero-order valence-electron chi connectivity index (χ0n) is 28.6. The molecule has 0 spiro atoms. The van der Waals surface area contributed by atoms with Gasteiger partial charge in [0.2, 0.25) is 0 Å². The first-order valence-electron chi connectivity index (χ1n) is 17.2. The Morgan fingerprint density at radius 3 is 1.17 bits per heavy atom. The zero-order chi connectivity index (χ0) is 33.9. The number of benzene rings is 2. The Bertz CT molecular complexity index is 1590. The first kappa shape index (κ1) is 34.4. The quantitative estimate of drug-likeness (QED) is 0.136. The molecule has 2 aliphatic heterocycles. The predicted octanol–water partition coefficient (Wildman–Crippen LogP) is 7.39. The molecule has 0 fully saturated rings. The smallest absolute Gasteiger partial charge is 0.168 e. The summed E-state index contributed by atoms with van der Waals surface area (Å²) in [7, 11) is 0. The number of aromatic nitrogens is 1. The van der Waals surface area contributed by atoms with Gasteiger partial charge in [0, 0.05) is 0 Å². The van der Waals surface area contributed by atoms with Crippen molar-refractivity contribution in [3.8, 4) is 23.0 Å². The lowest BCUT2D eigenvalue weighted by Crippen LogP contribution is -2.14. The van der Waals surface area contributed by atoms with E-state index in [4.69, 9.17) is 45.4 Å². The second-order valence-electron chi connectivity index (χ2n) is 11.7. The van der Waals surface area contributed by atoms with Crippen molar-refractivity contribution in [3.05, 3.63) is 64.7 Å². The molecule has 0 radical (unpaired) electrons. The molecule has 1 aromatic heterocycles. The monoisotopic (exact) mass is 653 g/mol. The van der Waals surface area contributed by atoms with Crippen molar-refractivity contribution in [3.63, 3.8) is 0 Å². The van der Waals surface area contributed by atoms with Gasteiger partial charge in [0.05, 0.1) is 48.7 Å². The van der Waals surface area contributed by atoms with Gasteiger partial charge in [-0.1, -0.05) is 59.4 Å². The van der Waals surface area contributed by atoms with E-state index in [0.717, 1.165) is 51.4 Å². The molecule has 2 aliphatic rings. The number of ether oxygens (including phenoxy) is 4. The van der Waals surface area contributed by atoms with Crippen LogP contribution < -0.4 is 30.4 Å². The molecule has 3 heterocycles. The second-order valence-corrected chi connectivity index (χ2v) is 11.7. The second kappa shape index (κ2) is 16.8. The lowest BCUT2D eigenvalue weighted by molar-refractivity contribution is 0.300. The maximum Gasteiger partial charge on any atom is 0.168 e. The number of aliphatic imine (C=N–C) groups is 4. The highest BCUT2D eigenvalue weighted by molar-refractivity contribution is 6.25. The van der Waals surface area contributed by atoms with Gasteiger partial charge in [-0.25, -0.2) is 25.0 Å². The van der Waals surface area contributed by atoms with Crippen LogP contribution in [0, 0.1) is 0 Å². The Morgan fingerprint density at radius 1 is 0.500 bits per heavy atom. The van der Waals surface area contributed by atoms with E-state index in [0.29, 0.717) is 107 Å². The largest absolute Gasteiger partial charge is 0.493 e. The van der Waals surface area contributed by atoms with Gasteiger partial charge in [-0.2, -0.15) is 0 Å². The standard InChI is InChI=1S/C37H47N7O4/c1-5-9-20-45-24-16-18-26(47-22-11-7-3)32-30(24)34(38)43-36(32)41-28-14-13-15-29(40-28)42-37-33-27(48-23-12-8-4)19-17-25(46-21-10-6-2)31(33)35(39)44-37/h13-19H,5-12,20-23H2,1-4H3,(H4,38,39,40,41,42,43,44). The van der Waals surface area contributed by atoms with Crippen molar-refractivity contribution in [1.29, 1.82) is 0 Å². The molecule has 4 N–H and O–H groups in total. The third kappa shape index (κ3) is 7.95. The van der Waals surface area contributed by atoms with Crippen LogP contribution in [0.3, 0.4) is 0 Å². The maximum atomic E-state index is 6.47. The van der Waals surface area contributed by atoms with Crippen LogP contribution >= 0.6 is 0 Å². The van der Waals surface area contributed by atoms with E-state index in [1.807, 2.05) is 30.3 Å². The summed E-state index contributed by atoms with van der Waals surface area (Å²) < 4.78 is 24.5. The number of hydrogen-bond donors (Lipinski definition) is 2. The number of rotatable bonds is 18. The molecule has 11 nitrogen and oxygen atoms in total. The van der Waals surface area contributed by atoms with E-state index in [1.54, 1.807) is 12.1 Å². The van der Waals surface area contributed by atoms with Crippen LogP contribution in [0.15, 0.2) is 62.4 Å². The van der Waals surface area contributed by atoms with Crippen LogP contribution in [0.4, 0.5) is 11.6 Å². The number of nitrogens with two attached hydrogens (primary N) is 2. The van der Waals surface area contributed by atoms with Crippen LogP contribution in [0.1, 0.15) is 101 Å². The fourth-order valence-corrected chi connectivity index (χ4v) is 5.24. The average Bonchev–Trinajstić information content (AvgIpc) is 3.59. The summed E-state index contributed by atoms with van der Waals surface area (Å²) >= 11 is 0. The van der Waals surface area contributed by atoms with Gasteiger partial charge in [-0.15, -0.1) is 0 Å². The number of unbranched alkanes of at least 4 members (excludes halogenated alkanes) is 4. The molecule has 3 aromatic rings. The van der Waals surface area contributed by atoms with Crippen LogP contribution in [0.5, 0.6) is 23.0 Å².